The first-order valence-corrected chi connectivity index (χ1v) is 8.55. The summed E-state index contributed by atoms with van der Waals surface area (Å²) in [6.07, 6.45) is 1.31. The Hall–Kier alpha value is -0.710. The van der Waals surface area contributed by atoms with Gasteiger partial charge in [-0.2, -0.15) is 0 Å². The number of piperidine rings is 2. The summed E-state index contributed by atoms with van der Waals surface area (Å²) in [6, 6.07) is 8.65. The van der Waals surface area contributed by atoms with Crippen molar-refractivity contribution in [2.75, 3.05) is 26.2 Å². The van der Waals surface area contributed by atoms with Crippen molar-refractivity contribution in [1.29, 1.82) is 0 Å². The lowest BCUT2D eigenvalue weighted by Gasteiger charge is -2.65. The molecule has 4 aliphatic heterocycles. The second kappa shape index (κ2) is 4.40. The summed E-state index contributed by atoms with van der Waals surface area (Å²) in [4.78, 5) is 17.9. The molecule has 4 saturated heterocycles. The predicted molar refractivity (Wildman–Crippen MR) is 85.9 cm³/mol. The number of hydrogen-bond acceptors (Lipinski definition) is 3. The van der Waals surface area contributed by atoms with Gasteiger partial charge in [0.05, 0.1) is 17.0 Å². The lowest BCUT2D eigenvalue weighted by Crippen LogP contribution is -2.75. The molecule has 4 aliphatic rings. The Morgan fingerprint density at radius 2 is 1.71 bits per heavy atom. The first-order valence-electron chi connectivity index (χ1n) is 7.76. The van der Waals surface area contributed by atoms with Gasteiger partial charge < -0.3 is 0 Å². The van der Waals surface area contributed by atoms with E-state index in [-0.39, 0.29) is 10.8 Å². The molecule has 4 heteroatoms. The molecule has 21 heavy (non-hydrogen) atoms. The molecule has 4 heterocycles. The highest BCUT2D eigenvalue weighted by atomic mass is 79.9. The molecule has 0 aliphatic carbocycles. The Morgan fingerprint density at radius 1 is 1.14 bits per heavy atom. The van der Waals surface area contributed by atoms with E-state index >= 15 is 0 Å². The molecule has 4 fully saturated rings. The molecule has 2 atom stereocenters. The topological polar surface area (TPSA) is 23.6 Å². The van der Waals surface area contributed by atoms with Crippen LogP contribution >= 0.6 is 15.9 Å². The van der Waals surface area contributed by atoms with Gasteiger partial charge in [-0.25, -0.2) is 0 Å². The van der Waals surface area contributed by atoms with Crippen LogP contribution in [-0.4, -0.2) is 41.8 Å². The van der Waals surface area contributed by atoms with E-state index in [1.165, 1.54) is 5.56 Å². The first-order chi connectivity index (χ1) is 9.97. The minimum absolute atomic E-state index is 0.128. The van der Waals surface area contributed by atoms with Crippen LogP contribution in [0, 0.1) is 10.8 Å². The Morgan fingerprint density at radius 3 is 2.24 bits per heavy atom. The van der Waals surface area contributed by atoms with Crippen LogP contribution in [0.25, 0.3) is 0 Å². The second-order valence-electron chi connectivity index (χ2n) is 7.26. The average molecular weight is 349 g/mol. The molecule has 4 bridgehead atoms. The van der Waals surface area contributed by atoms with E-state index < -0.39 is 0 Å². The molecule has 3 nitrogen and oxygen atoms in total. The van der Waals surface area contributed by atoms with E-state index in [4.69, 9.17) is 0 Å². The van der Waals surface area contributed by atoms with Crippen molar-refractivity contribution >= 4 is 21.7 Å². The van der Waals surface area contributed by atoms with Crippen LogP contribution < -0.4 is 0 Å². The molecule has 1 aromatic rings. The second-order valence-corrected chi connectivity index (χ2v) is 8.17. The van der Waals surface area contributed by atoms with E-state index in [1.807, 2.05) is 0 Å². The maximum absolute atomic E-state index is 12.9. The first kappa shape index (κ1) is 13.9. The number of hydrogen-bond donors (Lipinski definition) is 0. The number of benzene rings is 1. The molecule has 0 N–H and O–H groups in total. The lowest BCUT2D eigenvalue weighted by atomic mass is 9.60. The van der Waals surface area contributed by atoms with Crippen LogP contribution in [0.3, 0.4) is 0 Å². The van der Waals surface area contributed by atoms with Gasteiger partial charge in [-0.05, 0) is 24.1 Å². The molecule has 0 radical (unpaired) electrons. The molecule has 0 amide bonds. The normalized spacial score (nSPS) is 44.3. The SMILES string of the molecule is CCC12CN3CC(C)(CN(C1)C3c1ccc(Br)cc1)C2=O. The van der Waals surface area contributed by atoms with Gasteiger partial charge in [-0.1, -0.05) is 41.9 Å². The number of carbonyl (C=O) groups is 1. The summed E-state index contributed by atoms with van der Waals surface area (Å²) in [5, 5.41) is 0. The Balaban J connectivity index is 1.74. The zero-order valence-electron chi connectivity index (χ0n) is 12.6. The number of halogens is 1. The number of rotatable bonds is 2. The van der Waals surface area contributed by atoms with E-state index in [1.54, 1.807) is 0 Å². The standard InChI is InChI=1S/C17H21BrN2O/c1-3-17-10-19-8-16(2,15(17)21)9-20(11-17)14(19)12-4-6-13(18)7-5-12/h4-7,14H,3,8-11H2,1-2H3. The molecule has 2 unspecified atom stereocenters. The largest absolute Gasteiger partial charge is 0.298 e. The third-order valence-electron chi connectivity index (χ3n) is 5.68. The smallest absolute Gasteiger partial charge is 0.150 e. The number of carbonyl (C=O) groups excluding carboxylic acids is 1. The summed E-state index contributed by atoms with van der Waals surface area (Å²) in [6.45, 7) is 8.00. The summed E-state index contributed by atoms with van der Waals surface area (Å²) in [5.41, 5.74) is 1.05. The minimum Gasteiger partial charge on any atom is -0.298 e. The Labute approximate surface area is 134 Å². The summed E-state index contributed by atoms with van der Waals surface area (Å²) < 4.78 is 1.12. The Bertz CT molecular complexity index is 581. The van der Waals surface area contributed by atoms with Gasteiger partial charge >= 0.3 is 0 Å². The van der Waals surface area contributed by atoms with Crippen LogP contribution in [0.2, 0.25) is 0 Å². The number of Topliss-reactive ketones (excluding diaryl/α,β-unsaturated/α-hetero) is 1. The fraction of sp³-hybridized carbons (Fsp3) is 0.588. The molecule has 0 spiro atoms. The van der Waals surface area contributed by atoms with Gasteiger partial charge in [0, 0.05) is 30.7 Å². The highest BCUT2D eigenvalue weighted by Crippen LogP contribution is 2.53. The molecule has 0 saturated carbocycles. The number of ketones is 1. The fourth-order valence-corrected chi connectivity index (χ4v) is 5.10. The average Bonchev–Trinajstić information content (AvgIpc) is 2.45. The van der Waals surface area contributed by atoms with Gasteiger partial charge in [-0.15, -0.1) is 0 Å². The van der Waals surface area contributed by atoms with Crippen molar-refractivity contribution in [3.05, 3.63) is 34.3 Å². The zero-order valence-corrected chi connectivity index (χ0v) is 14.2. The Kier molecular flexibility index (Phi) is 2.92. The van der Waals surface area contributed by atoms with E-state index in [0.29, 0.717) is 11.9 Å². The third-order valence-corrected chi connectivity index (χ3v) is 6.21. The maximum Gasteiger partial charge on any atom is 0.150 e. The maximum atomic E-state index is 12.9. The summed E-state index contributed by atoms with van der Waals surface area (Å²) >= 11 is 3.51. The van der Waals surface area contributed by atoms with Crippen molar-refractivity contribution in [3.63, 3.8) is 0 Å². The van der Waals surface area contributed by atoms with Gasteiger partial charge in [-0.3, -0.25) is 14.6 Å². The van der Waals surface area contributed by atoms with Crippen molar-refractivity contribution in [2.24, 2.45) is 10.8 Å². The van der Waals surface area contributed by atoms with Gasteiger partial charge in [0.1, 0.15) is 5.78 Å². The van der Waals surface area contributed by atoms with Crippen LogP contribution in [-0.2, 0) is 4.79 Å². The van der Waals surface area contributed by atoms with Crippen molar-refractivity contribution < 1.29 is 4.79 Å². The van der Waals surface area contributed by atoms with Gasteiger partial charge in [0.2, 0.25) is 0 Å². The molecule has 112 valence electrons. The zero-order chi connectivity index (χ0) is 14.8. The van der Waals surface area contributed by atoms with Crippen LogP contribution in [0.1, 0.15) is 32.0 Å². The monoisotopic (exact) mass is 348 g/mol. The van der Waals surface area contributed by atoms with Gasteiger partial charge in [0.15, 0.2) is 0 Å². The van der Waals surface area contributed by atoms with E-state index in [9.17, 15) is 4.79 Å². The molecule has 1 aromatic carbocycles. The highest BCUT2D eigenvalue weighted by molar-refractivity contribution is 9.10. The summed E-state index contributed by atoms with van der Waals surface area (Å²) in [5.74, 6) is 0.513. The van der Waals surface area contributed by atoms with Crippen molar-refractivity contribution in [1.82, 2.24) is 9.80 Å². The molecule has 5 rings (SSSR count). The fourth-order valence-electron chi connectivity index (χ4n) is 4.83. The summed E-state index contributed by atoms with van der Waals surface area (Å²) in [7, 11) is 0. The van der Waals surface area contributed by atoms with Crippen LogP contribution in [0.5, 0.6) is 0 Å². The van der Waals surface area contributed by atoms with Crippen LogP contribution in [0.4, 0.5) is 0 Å². The number of nitrogens with zero attached hydrogens (tertiary/aromatic N) is 2. The molecule has 0 aromatic heterocycles. The van der Waals surface area contributed by atoms with Crippen molar-refractivity contribution in [2.45, 2.75) is 26.4 Å². The van der Waals surface area contributed by atoms with E-state index in [0.717, 1.165) is 37.1 Å². The molecular formula is C17H21BrN2O. The highest BCUT2D eigenvalue weighted by Gasteiger charge is 2.63. The lowest BCUT2D eigenvalue weighted by molar-refractivity contribution is -0.200. The predicted octanol–water partition coefficient (Wildman–Crippen LogP) is 3.06. The van der Waals surface area contributed by atoms with Crippen LogP contribution in [0.15, 0.2) is 28.7 Å². The minimum atomic E-state index is -0.168. The van der Waals surface area contributed by atoms with Gasteiger partial charge in [0.25, 0.3) is 0 Å². The third kappa shape index (κ3) is 1.82. The van der Waals surface area contributed by atoms with E-state index in [2.05, 4.69) is 63.8 Å². The van der Waals surface area contributed by atoms with Crippen molar-refractivity contribution in [3.8, 4) is 0 Å². The molecular weight excluding hydrogens is 328 g/mol. The quantitative estimate of drug-likeness (QED) is 0.820.